The number of hydrogen-bond donors (Lipinski definition) is 1. The number of rotatable bonds is 1. The molecule has 0 aliphatic carbocycles. The lowest BCUT2D eigenvalue weighted by atomic mass is 10.0. The summed E-state index contributed by atoms with van der Waals surface area (Å²) < 4.78 is 0. The first kappa shape index (κ1) is 8.76. The van der Waals surface area contributed by atoms with Crippen LogP contribution < -0.4 is 5.73 Å². The van der Waals surface area contributed by atoms with E-state index in [0.29, 0.717) is 5.69 Å². The van der Waals surface area contributed by atoms with Crippen molar-refractivity contribution >= 4 is 0 Å². The van der Waals surface area contributed by atoms with Crippen LogP contribution >= 0.6 is 0 Å². The van der Waals surface area contributed by atoms with Gasteiger partial charge in [0, 0.05) is 17.8 Å². The molecule has 1 rings (SSSR count). The van der Waals surface area contributed by atoms with Crippen LogP contribution in [0, 0.1) is 19.3 Å². The van der Waals surface area contributed by atoms with Crippen LogP contribution in [0.15, 0.2) is 12.3 Å². The van der Waals surface area contributed by atoms with Crippen molar-refractivity contribution < 1.29 is 0 Å². The van der Waals surface area contributed by atoms with Gasteiger partial charge in [-0.05, 0) is 31.4 Å². The summed E-state index contributed by atoms with van der Waals surface area (Å²) in [6.45, 7) is 3.89. The maximum Gasteiger partial charge on any atom is 0.117 e. The van der Waals surface area contributed by atoms with E-state index >= 15 is 0 Å². The SMILES string of the molecule is C#Cc1nccc(C)c1[C@@H](C)N. The summed E-state index contributed by atoms with van der Waals surface area (Å²) in [5, 5.41) is 0. The Morgan fingerprint density at radius 3 is 2.75 bits per heavy atom. The number of aromatic nitrogens is 1. The van der Waals surface area contributed by atoms with E-state index < -0.39 is 0 Å². The highest BCUT2D eigenvalue weighted by atomic mass is 14.7. The molecular formula is C10H12N2. The number of terminal acetylenes is 1. The van der Waals surface area contributed by atoms with E-state index in [1.54, 1.807) is 6.20 Å². The Hall–Kier alpha value is -1.33. The molecule has 0 saturated heterocycles. The molecule has 0 amide bonds. The van der Waals surface area contributed by atoms with E-state index in [9.17, 15) is 0 Å². The molecular weight excluding hydrogens is 148 g/mol. The molecule has 1 heterocycles. The molecule has 0 bridgehead atoms. The van der Waals surface area contributed by atoms with Gasteiger partial charge in [-0.3, -0.25) is 0 Å². The second kappa shape index (κ2) is 3.38. The van der Waals surface area contributed by atoms with Crippen LogP contribution in [0.25, 0.3) is 0 Å². The molecule has 0 fully saturated rings. The Bertz CT molecular complexity index is 321. The lowest BCUT2D eigenvalue weighted by Gasteiger charge is -2.10. The van der Waals surface area contributed by atoms with E-state index in [4.69, 9.17) is 12.2 Å². The standard InChI is InChI=1S/C10H12N2/c1-4-9-10(8(3)11)7(2)5-6-12-9/h1,5-6,8H,11H2,2-3H3/t8-/m1/s1. The number of hydrogen-bond acceptors (Lipinski definition) is 2. The van der Waals surface area contributed by atoms with Crippen molar-refractivity contribution in [3.05, 3.63) is 29.1 Å². The molecule has 0 saturated carbocycles. The first-order chi connectivity index (χ1) is 5.66. The van der Waals surface area contributed by atoms with Crippen LogP contribution in [0.5, 0.6) is 0 Å². The van der Waals surface area contributed by atoms with Crippen molar-refractivity contribution in [3.8, 4) is 12.3 Å². The van der Waals surface area contributed by atoms with Crippen molar-refractivity contribution in [1.29, 1.82) is 0 Å². The average molecular weight is 160 g/mol. The first-order valence-corrected chi connectivity index (χ1v) is 3.84. The first-order valence-electron chi connectivity index (χ1n) is 3.84. The zero-order chi connectivity index (χ0) is 9.14. The van der Waals surface area contributed by atoms with E-state index in [0.717, 1.165) is 11.1 Å². The lowest BCUT2D eigenvalue weighted by molar-refractivity contribution is 0.799. The van der Waals surface area contributed by atoms with Crippen LogP contribution in [0.1, 0.15) is 29.8 Å². The molecule has 0 spiro atoms. The van der Waals surface area contributed by atoms with Crippen LogP contribution in [0.2, 0.25) is 0 Å². The van der Waals surface area contributed by atoms with Gasteiger partial charge < -0.3 is 5.73 Å². The van der Waals surface area contributed by atoms with Crippen molar-refractivity contribution in [2.24, 2.45) is 5.73 Å². The summed E-state index contributed by atoms with van der Waals surface area (Å²) >= 11 is 0. The molecule has 0 aliphatic rings. The fraction of sp³-hybridized carbons (Fsp3) is 0.300. The van der Waals surface area contributed by atoms with Gasteiger partial charge in [0.05, 0.1) is 0 Å². The Balaban J connectivity index is 3.32. The monoisotopic (exact) mass is 160 g/mol. The predicted molar refractivity (Wildman–Crippen MR) is 49.5 cm³/mol. The van der Waals surface area contributed by atoms with E-state index in [1.165, 1.54) is 0 Å². The number of nitrogens with zero attached hydrogens (tertiary/aromatic N) is 1. The van der Waals surface area contributed by atoms with Gasteiger partial charge in [0.15, 0.2) is 0 Å². The highest BCUT2D eigenvalue weighted by Gasteiger charge is 2.08. The van der Waals surface area contributed by atoms with Gasteiger partial charge in [-0.15, -0.1) is 6.42 Å². The van der Waals surface area contributed by atoms with Crippen LogP contribution in [0.3, 0.4) is 0 Å². The molecule has 0 unspecified atom stereocenters. The minimum Gasteiger partial charge on any atom is -0.324 e. The number of pyridine rings is 1. The molecule has 1 atom stereocenters. The smallest absolute Gasteiger partial charge is 0.117 e. The minimum atomic E-state index is -0.0512. The summed E-state index contributed by atoms with van der Waals surface area (Å²) in [5.41, 5.74) is 8.49. The third-order valence-electron chi connectivity index (χ3n) is 1.80. The zero-order valence-corrected chi connectivity index (χ0v) is 7.33. The normalized spacial score (nSPS) is 12.2. The minimum absolute atomic E-state index is 0.0512. The Labute approximate surface area is 72.8 Å². The highest BCUT2D eigenvalue weighted by Crippen LogP contribution is 2.17. The van der Waals surface area contributed by atoms with E-state index in [1.807, 2.05) is 19.9 Å². The summed E-state index contributed by atoms with van der Waals surface area (Å²) in [6.07, 6.45) is 6.99. The molecule has 0 radical (unpaired) electrons. The molecule has 2 heteroatoms. The zero-order valence-electron chi connectivity index (χ0n) is 7.33. The van der Waals surface area contributed by atoms with E-state index in [-0.39, 0.29) is 6.04 Å². The summed E-state index contributed by atoms with van der Waals surface area (Å²) in [4.78, 5) is 4.06. The fourth-order valence-electron chi connectivity index (χ4n) is 1.26. The van der Waals surface area contributed by atoms with E-state index in [2.05, 4.69) is 10.9 Å². The Kier molecular flexibility index (Phi) is 2.47. The molecule has 12 heavy (non-hydrogen) atoms. The maximum absolute atomic E-state index is 5.76. The van der Waals surface area contributed by atoms with Gasteiger partial charge in [-0.2, -0.15) is 0 Å². The van der Waals surface area contributed by atoms with Crippen molar-refractivity contribution in [2.45, 2.75) is 19.9 Å². The number of nitrogens with two attached hydrogens (primary N) is 1. The summed E-state index contributed by atoms with van der Waals surface area (Å²) in [6, 6.07) is 1.87. The molecule has 62 valence electrons. The Morgan fingerprint density at radius 2 is 2.33 bits per heavy atom. The van der Waals surface area contributed by atoms with Gasteiger partial charge in [0.2, 0.25) is 0 Å². The van der Waals surface area contributed by atoms with Gasteiger partial charge in [-0.1, -0.05) is 0 Å². The molecule has 1 aromatic heterocycles. The molecule has 0 aromatic carbocycles. The highest BCUT2D eigenvalue weighted by molar-refractivity contribution is 5.40. The fourth-order valence-corrected chi connectivity index (χ4v) is 1.26. The summed E-state index contributed by atoms with van der Waals surface area (Å²) in [5.74, 6) is 2.53. The van der Waals surface area contributed by atoms with Crippen LogP contribution in [-0.4, -0.2) is 4.98 Å². The second-order valence-corrected chi connectivity index (χ2v) is 2.82. The summed E-state index contributed by atoms with van der Waals surface area (Å²) in [7, 11) is 0. The van der Waals surface area contributed by atoms with Crippen molar-refractivity contribution in [3.63, 3.8) is 0 Å². The van der Waals surface area contributed by atoms with Crippen LogP contribution in [0.4, 0.5) is 0 Å². The van der Waals surface area contributed by atoms with Gasteiger partial charge in [0.25, 0.3) is 0 Å². The van der Waals surface area contributed by atoms with Crippen molar-refractivity contribution in [1.82, 2.24) is 4.98 Å². The molecule has 2 nitrogen and oxygen atoms in total. The van der Waals surface area contributed by atoms with Crippen molar-refractivity contribution in [2.75, 3.05) is 0 Å². The lowest BCUT2D eigenvalue weighted by Crippen LogP contribution is -2.10. The maximum atomic E-state index is 5.76. The topological polar surface area (TPSA) is 38.9 Å². The molecule has 0 aliphatic heterocycles. The van der Waals surface area contributed by atoms with Gasteiger partial charge >= 0.3 is 0 Å². The third kappa shape index (κ3) is 1.46. The van der Waals surface area contributed by atoms with Gasteiger partial charge in [-0.25, -0.2) is 4.98 Å². The second-order valence-electron chi connectivity index (χ2n) is 2.82. The largest absolute Gasteiger partial charge is 0.324 e. The average Bonchev–Trinajstić information content (AvgIpc) is 2.03. The molecule has 1 aromatic rings. The Morgan fingerprint density at radius 1 is 1.67 bits per heavy atom. The third-order valence-corrected chi connectivity index (χ3v) is 1.80. The predicted octanol–water partition coefficient (Wildman–Crippen LogP) is 1.39. The number of aryl methyl sites for hydroxylation is 1. The van der Waals surface area contributed by atoms with Crippen LogP contribution in [-0.2, 0) is 0 Å². The quantitative estimate of drug-likeness (QED) is 0.630. The van der Waals surface area contributed by atoms with Gasteiger partial charge in [0.1, 0.15) is 5.69 Å². The molecule has 2 N–H and O–H groups in total.